The normalized spacial score (nSPS) is 19.9. The molecule has 4 nitrogen and oxygen atoms in total. The minimum Gasteiger partial charge on any atom is -0.394 e. The summed E-state index contributed by atoms with van der Waals surface area (Å²) < 4.78 is 6.14. The van der Waals surface area contributed by atoms with Gasteiger partial charge in [-0.2, -0.15) is 0 Å². The van der Waals surface area contributed by atoms with Gasteiger partial charge in [0.05, 0.1) is 24.9 Å². The van der Waals surface area contributed by atoms with Crippen LogP contribution in [0.25, 0.3) is 0 Å². The fourth-order valence-electron chi connectivity index (χ4n) is 1.98. The van der Waals surface area contributed by atoms with Gasteiger partial charge in [0.25, 0.3) is 5.91 Å². The predicted octanol–water partition coefficient (Wildman–Crippen LogP) is 1.59. The molecule has 0 saturated carbocycles. The Labute approximate surface area is 115 Å². The maximum atomic E-state index is 12.4. The molecule has 1 aliphatic rings. The van der Waals surface area contributed by atoms with Crippen LogP contribution in [0.5, 0.6) is 0 Å². The quantitative estimate of drug-likeness (QED) is 0.902. The van der Waals surface area contributed by atoms with Crippen molar-refractivity contribution in [2.75, 3.05) is 26.3 Å². The molecule has 1 aliphatic heterocycles. The third-order valence-electron chi connectivity index (χ3n) is 2.98. The molecule has 5 heteroatoms. The number of morpholine rings is 1. The number of halogens is 1. The number of carbonyl (C=O) groups is 1. The molecular weight excluding hydrogens is 298 g/mol. The second kappa shape index (κ2) is 5.82. The summed E-state index contributed by atoms with van der Waals surface area (Å²) in [4.78, 5) is 14.1. The molecule has 1 aromatic rings. The van der Waals surface area contributed by atoms with Gasteiger partial charge < -0.3 is 14.7 Å². The lowest BCUT2D eigenvalue weighted by molar-refractivity contribution is -0.0447. The van der Waals surface area contributed by atoms with E-state index in [0.29, 0.717) is 25.3 Å². The van der Waals surface area contributed by atoms with E-state index in [1.807, 2.05) is 25.1 Å². The Kier molecular flexibility index (Phi) is 4.37. The predicted molar refractivity (Wildman–Crippen MR) is 71.6 cm³/mol. The van der Waals surface area contributed by atoms with Crippen LogP contribution in [-0.4, -0.2) is 48.3 Å². The van der Waals surface area contributed by atoms with Crippen molar-refractivity contribution in [3.05, 3.63) is 33.8 Å². The number of benzene rings is 1. The molecule has 1 unspecified atom stereocenters. The van der Waals surface area contributed by atoms with Gasteiger partial charge in [0.1, 0.15) is 0 Å². The number of aliphatic hydroxyl groups excluding tert-OH is 1. The molecule has 98 valence electrons. The minimum atomic E-state index is -0.271. The van der Waals surface area contributed by atoms with Crippen molar-refractivity contribution in [3.8, 4) is 0 Å². The number of nitrogens with zero attached hydrogens (tertiary/aromatic N) is 1. The van der Waals surface area contributed by atoms with E-state index in [1.54, 1.807) is 4.90 Å². The van der Waals surface area contributed by atoms with Crippen LogP contribution >= 0.6 is 15.9 Å². The van der Waals surface area contributed by atoms with E-state index in [0.717, 1.165) is 10.0 Å². The number of amides is 1. The van der Waals surface area contributed by atoms with E-state index in [-0.39, 0.29) is 18.6 Å². The van der Waals surface area contributed by atoms with Crippen molar-refractivity contribution in [2.24, 2.45) is 0 Å². The Hall–Kier alpha value is -0.910. The first-order valence-corrected chi connectivity index (χ1v) is 6.69. The van der Waals surface area contributed by atoms with Crippen LogP contribution in [0.15, 0.2) is 22.7 Å². The molecule has 0 aromatic heterocycles. The molecule has 1 aromatic carbocycles. The minimum absolute atomic E-state index is 0.0244. The van der Waals surface area contributed by atoms with Gasteiger partial charge >= 0.3 is 0 Å². The molecule has 1 N–H and O–H groups in total. The van der Waals surface area contributed by atoms with Gasteiger partial charge in [0, 0.05) is 17.6 Å². The highest BCUT2D eigenvalue weighted by atomic mass is 79.9. The van der Waals surface area contributed by atoms with Crippen LogP contribution in [0.3, 0.4) is 0 Å². The van der Waals surface area contributed by atoms with E-state index >= 15 is 0 Å². The molecule has 0 bridgehead atoms. The molecule has 0 aliphatic carbocycles. The summed E-state index contributed by atoms with van der Waals surface area (Å²) >= 11 is 3.42. The number of hydrogen-bond acceptors (Lipinski definition) is 3. The molecule has 1 saturated heterocycles. The van der Waals surface area contributed by atoms with Gasteiger partial charge in [-0.15, -0.1) is 0 Å². The third kappa shape index (κ3) is 2.91. The summed E-state index contributed by atoms with van der Waals surface area (Å²) in [6.07, 6.45) is -0.271. The fourth-order valence-corrected chi connectivity index (χ4v) is 2.64. The average molecular weight is 314 g/mol. The van der Waals surface area contributed by atoms with Crippen LogP contribution in [0, 0.1) is 6.92 Å². The summed E-state index contributed by atoms with van der Waals surface area (Å²) in [6.45, 7) is 3.40. The summed E-state index contributed by atoms with van der Waals surface area (Å²) in [7, 11) is 0. The average Bonchev–Trinajstić information content (AvgIpc) is 2.38. The molecular formula is C13H16BrNO3. The molecule has 18 heavy (non-hydrogen) atoms. The Morgan fingerprint density at radius 2 is 2.39 bits per heavy atom. The van der Waals surface area contributed by atoms with E-state index in [9.17, 15) is 4.79 Å². The lowest BCUT2D eigenvalue weighted by Crippen LogP contribution is -2.47. The zero-order valence-corrected chi connectivity index (χ0v) is 11.8. The molecule has 0 radical (unpaired) electrons. The molecule has 0 spiro atoms. The number of hydrogen-bond donors (Lipinski definition) is 1. The van der Waals surface area contributed by atoms with Gasteiger partial charge in [-0.1, -0.05) is 6.07 Å². The second-order valence-corrected chi connectivity index (χ2v) is 5.26. The zero-order chi connectivity index (χ0) is 13.1. The summed E-state index contributed by atoms with van der Waals surface area (Å²) in [5, 5.41) is 9.08. The van der Waals surface area contributed by atoms with Crippen molar-refractivity contribution >= 4 is 21.8 Å². The maximum Gasteiger partial charge on any atom is 0.255 e. The highest BCUT2D eigenvalue weighted by Gasteiger charge is 2.25. The summed E-state index contributed by atoms with van der Waals surface area (Å²) in [5.74, 6) is -0.0244. The Morgan fingerprint density at radius 3 is 3.06 bits per heavy atom. The van der Waals surface area contributed by atoms with Crippen LogP contribution < -0.4 is 0 Å². The molecule has 1 atom stereocenters. The smallest absolute Gasteiger partial charge is 0.255 e. The molecule has 1 fully saturated rings. The largest absolute Gasteiger partial charge is 0.394 e. The monoisotopic (exact) mass is 313 g/mol. The van der Waals surface area contributed by atoms with E-state index in [2.05, 4.69) is 15.9 Å². The van der Waals surface area contributed by atoms with Crippen molar-refractivity contribution in [3.63, 3.8) is 0 Å². The highest BCUT2D eigenvalue weighted by molar-refractivity contribution is 9.10. The van der Waals surface area contributed by atoms with Gasteiger partial charge in [-0.25, -0.2) is 0 Å². The first-order valence-electron chi connectivity index (χ1n) is 5.89. The number of aliphatic hydroxyl groups is 1. The molecule has 1 amide bonds. The van der Waals surface area contributed by atoms with Gasteiger partial charge in [0.2, 0.25) is 0 Å². The Morgan fingerprint density at radius 1 is 1.61 bits per heavy atom. The van der Waals surface area contributed by atoms with Crippen LogP contribution in [0.4, 0.5) is 0 Å². The first-order chi connectivity index (χ1) is 8.61. The molecule has 2 rings (SSSR count). The van der Waals surface area contributed by atoms with Crippen molar-refractivity contribution in [2.45, 2.75) is 13.0 Å². The second-order valence-electron chi connectivity index (χ2n) is 4.41. The standard InChI is InChI=1S/C13H16BrNO3/c1-9-2-3-11(12(14)6-9)13(17)15-4-5-18-10(7-15)8-16/h2-3,6,10,16H,4-5,7-8H2,1H3. The van der Waals surface area contributed by atoms with E-state index in [4.69, 9.17) is 9.84 Å². The van der Waals surface area contributed by atoms with Crippen LogP contribution in [-0.2, 0) is 4.74 Å². The van der Waals surface area contributed by atoms with E-state index in [1.165, 1.54) is 0 Å². The van der Waals surface area contributed by atoms with Crippen molar-refractivity contribution < 1.29 is 14.6 Å². The SMILES string of the molecule is Cc1ccc(C(=O)N2CCOC(CO)C2)c(Br)c1. The fraction of sp³-hybridized carbons (Fsp3) is 0.462. The number of rotatable bonds is 2. The maximum absolute atomic E-state index is 12.4. The Balaban J connectivity index is 2.15. The van der Waals surface area contributed by atoms with Crippen molar-refractivity contribution in [1.82, 2.24) is 4.90 Å². The number of aryl methyl sites for hydroxylation is 1. The van der Waals surface area contributed by atoms with E-state index < -0.39 is 0 Å². The van der Waals surface area contributed by atoms with Crippen LogP contribution in [0.1, 0.15) is 15.9 Å². The number of carbonyl (C=O) groups excluding carboxylic acids is 1. The summed E-state index contributed by atoms with van der Waals surface area (Å²) in [5.41, 5.74) is 1.76. The first kappa shape index (κ1) is 13.5. The van der Waals surface area contributed by atoms with Gasteiger partial charge in [-0.05, 0) is 40.5 Å². The molecule has 1 heterocycles. The van der Waals surface area contributed by atoms with Gasteiger partial charge in [0.15, 0.2) is 0 Å². The summed E-state index contributed by atoms with van der Waals surface area (Å²) in [6, 6.07) is 5.67. The highest BCUT2D eigenvalue weighted by Crippen LogP contribution is 2.21. The zero-order valence-electron chi connectivity index (χ0n) is 10.2. The topological polar surface area (TPSA) is 49.8 Å². The third-order valence-corrected chi connectivity index (χ3v) is 3.64. The lowest BCUT2D eigenvalue weighted by atomic mass is 10.1. The van der Waals surface area contributed by atoms with Crippen LogP contribution in [0.2, 0.25) is 0 Å². The van der Waals surface area contributed by atoms with Crippen molar-refractivity contribution in [1.29, 1.82) is 0 Å². The van der Waals surface area contributed by atoms with Gasteiger partial charge in [-0.3, -0.25) is 4.79 Å². The Bertz CT molecular complexity index is 450. The number of ether oxygens (including phenoxy) is 1. The lowest BCUT2D eigenvalue weighted by Gasteiger charge is -2.32.